The fourth-order valence-electron chi connectivity index (χ4n) is 1.32. The second kappa shape index (κ2) is 5.59. The molecule has 0 spiro atoms. The van der Waals surface area contributed by atoms with Crippen molar-refractivity contribution in [3.8, 4) is 0 Å². The van der Waals surface area contributed by atoms with E-state index in [0.29, 0.717) is 16.7 Å². The summed E-state index contributed by atoms with van der Waals surface area (Å²) in [7, 11) is -3.46. The highest BCUT2D eigenvalue weighted by Crippen LogP contribution is 2.23. The normalized spacial score (nSPS) is 12.7. The molecule has 0 aliphatic rings. The Balaban J connectivity index is 2.77. The molecule has 0 saturated heterocycles. The molecule has 0 aromatic heterocycles. The van der Waals surface area contributed by atoms with Crippen LogP contribution in [-0.2, 0) is 10.0 Å². The van der Waals surface area contributed by atoms with Crippen LogP contribution in [0.15, 0.2) is 27.6 Å². The molecule has 0 atom stereocenters. The predicted octanol–water partition coefficient (Wildman–Crippen LogP) is 2.75. The fourth-order valence-corrected chi connectivity index (χ4v) is 2.91. The van der Waals surface area contributed by atoms with Gasteiger partial charge in [-0.15, -0.1) is 0 Å². The molecule has 0 radical (unpaired) electrons. The van der Waals surface area contributed by atoms with Crippen LogP contribution in [0.25, 0.3) is 0 Å². The highest BCUT2D eigenvalue weighted by molar-refractivity contribution is 9.10. The fraction of sp³-hybridized carbons (Fsp3) is 0.500. The molecular weight excluding hydrogens is 316 g/mol. The Kier molecular flexibility index (Phi) is 4.80. The van der Waals surface area contributed by atoms with Crippen molar-refractivity contribution in [2.24, 2.45) is 5.41 Å². The Labute approximate surface area is 117 Å². The zero-order valence-electron chi connectivity index (χ0n) is 10.8. The molecule has 1 rings (SSSR count). The number of anilines is 1. The number of sulfonamides is 1. The monoisotopic (exact) mass is 334 g/mol. The Hall–Kier alpha value is -0.590. The van der Waals surface area contributed by atoms with Crippen LogP contribution < -0.4 is 10.5 Å². The number of nitrogens with one attached hydrogen (secondary N) is 1. The van der Waals surface area contributed by atoms with E-state index in [1.807, 2.05) is 0 Å². The van der Waals surface area contributed by atoms with Crippen LogP contribution in [0.3, 0.4) is 0 Å². The van der Waals surface area contributed by atoms with Gasteiger partial charge in [0.25, 0.3) is 0 Å². The molecule has 4 nitrogen and oxygen atoms in total. The molecule has 0 heterocycles. The van der Waals surface area contributed by atoms with Gasteiger partial charge in [-0.1, -0.05) is 20.8 Å². The van der Waals surface area contributed by atoms with Crippen molar-refractivity contribution >= 4 is 31.6 Å². The highest BCUT2D eigenvalue weighted by atomic mass is 79.9. The first-order valence-corrected chi connectivity index (χ1v) is 7.94. The van der Waals surface area contributed by atoms with Crippen molar-refractivity contribution in [2.75, 3.05) is 12.3 Å². The van der Waals surface area contributed by atoms with E-state index in [1.165, 1.54) is 12.1 Å². The van der Waals surface area contributed by atoms with Crippen molar-refractivity contribution in [1.82, 2.24) is 4.72 Å². The molecule has 6 heteroatoms. The van der Waals surface area contributed by atoms with Crippen LogP contribution in [-0.4, -0.2) is 15.0 Å². The number of halogens is 1. The van der Waals surface area contributed by atoms with Crippen molar-refractivity contribution in [2.45, 2.75) is 32.1 Å². The Morgan fingerprint density at radius 3 is 2.44 bits per heavy atom. The summed E-state index contributed by atoms with van der Waals surface area (Å²) in [5.41, 5.74) is 6.25. The minimum Gasteiger partial charge on any atom is -0.398 e. The van der Waals surface area contributed by atoms with Crippen molar-refractivity contribution in [3.63, 3.8) is 0 Å². The van der Waals surface area contributed by atoms with Gasteiger partial charge in [0.1, 0.15) is 0 Å². The molecule has 18 heavy (non-hydrogen) atoms. The van der Waals surface area contributed by atoms with Crippen LogP contribution in [0.4, 0.5) is 5.69 Å². The third kappa shape index (κ3) is 4.59. The van der Waals surface area contributed by atoms with Crippen LogP contribution in [0.5, 0.6) is 0 Å². The Morgan fingerprint density at radius 2 is 1.94 bits per heavy atom. The minimum absolute atomic E-state index is 0.101. The molecule has 0 saturated carbocycles. The molecule has 0 fully saturated rings. The topological polar surface area (TPSA) is 72.2 Å². The van der Waals surface area contributed by atoms with E-state index in [9.17, 15) is 8.42 Å². The Bertz CT molecular complexity index is 521. The molecule has 0 unspecified atom stereocenters. The summed E-state index contributed by atoms with van der Waals surface area (Å²) in [4.78, 5) is 0.220. The molecule has 0 bridgehead atoms. The Morgan fingerprint density at radius 1 is 1.33 bits per heavy atom. The molecule has 0 aliphatic carbocycles. The molecule has 3 N–H and O–H groups in total. The smallest absolute Gasteiger partial charge is 0.240 e. The van der Waals surface area contributed by atoms with E-state index < -0.39 is 10.0 Å². The van der Waals surface area contributed by atoms with Gasteiger partial charge in [0, 0.05) is 16.7 Å². The highest BCUT2D eigenvalue weighted by Gasteiger charge is 2.16. The summed E-state index contributed by atoms with van der Waals surface area (Å²) in [5, 5.41) is 0. The quantitative estimate of drug-likeness (QED) is 0.831. The standard InChI is InChI=1S/C12H19BrN2O2S/c1-12(2,3)6-7-15-18(16,17)9-4-5-11(14)10(13)8-9/h4-5,8,15H,6-7,14H2,1-3H3. The number of nitrogen functional groups attached to an aromatic ring is 1. The molecular formula is C12H19BrN2O2S. The molecule has 0 amide bonds. The molecule has 1 aromatic carbocycles. The van der Waals surface area contributed by atoms with E-state index in [4.69, 9.17) is 5.73 Å². The zero-order chi connectivity index (χ0) is 14.0. The van der Waals surface area contributed by atoms with Crippen molar-refractivity contribution in [1.29, 1.82) is 0 Å². The van der Waals surface area contributed by atoms with E-state index in [2.05, 4.69) is 41.4 Å². The number of benzene rings is 1. The van der Waals surface area contributed by atoms with Crippen LogP contribution in [0.2, 0.25) is 0 Å². The summed E-state index contributed by atoms with van der Waals surface area (Å²) in [6, 6.07) is 4.58. The molecule has 1 aromatic rings. The first-order chi connectivity index (χ1) is 8.12. The average Bonchev–Trinajstić information content (AvgIpc) is 2.19. The maximum atomic E-state index is 12.0. The lowest BCUT2D eigenvalue weighted by Crippen LogP contribution is -2.27. The van der Waals surface area contributed by atoms with E-state index >= 15 is 0 Å². The minimum atomic E-state index is -3.46. The third-order valence-corrected chi connectivity index (χ3v) is 4.59. The maximum Gasteiger partial charge on any atom is 0.240 e. The summed E-state index contributed by atoms with van der Waals surface area (Å²) in [5.74, 6) is 0. The van der Waals surface area contributed by atoms with E-state index in [-0.39, 0.29) is 10.3 Å². The van der Waals surface area contributed by atoms with Gasteiger partial charge in [-0.2, -0.15) is 0 Å². The van der Waals surface area contributed by atoms with Gasteiger partial charge in [-0.05, 0) is 46.0 Å². The largest absolute Gasteiger partial charge is 0.398 e. The first kappa shape index (κ1) is 15.5. The van der Waals surface area contributed by atoms with Crippen LogP contribution >= 0.6 is 15.9 Å². The lowest BCUT2D eigenvalue weighted by Gasteiger charge is -2.18. The zero-order valence-corrected chi connectivity index (χ0v) is 13.2. The third-order valence-electron chi connectivity index (χ3n) is 2.45. The molecule has 102 valence electrons. The lowest BCUT2D eigenvalue weighted by molar-refractivity contribution is 0.378. The molecule has 0 aliphatic heterocycles. The lowest BCUT2D eigenvalue weighted by atomic mass is 9.93. The summed E-state index contributed by atoms with van der Waals surface area (Å²) in [6.07, 6.45) is 0.780. The first-order valence-electron chi connectivity index (χ1n) is 5.66. The second-order valence-electron chi connectivity index (χ2n) is 5.39. The second-order valence-corrected chi connectivity index (χ2v) is 8.01. The van der Waals surface area contributed by atoms with Gasteiger partial charge in [0.2, 0.25) is 10.0 Å². The number of hydrogen-bond acceptors (Lipinski definition) is 3. The summed E-state index contributed by atoms with van der Waals surface area (Å²) in [6.45, 7) is 6.64. The van der Waals surface area contributed by atoms with Crippen LogP contribution in [0.1, 0.15) is 27.2 Å². The van der Waals surface area contributed by atoms with Gasteiger partial charge in [0.15, 0.2) is 0 Å². The van der Waals surface area contributed by atoms with Gasteiger partial charge in [-0.3, -0.25) is 0 Å². The van der Waals surface area contributed by atoms with Crippen LogP contribution in [0, 0.1) is 5.41 Å². The SMILES string of the molecule is CC(C)(C)CCNS(=O)(=O)c1ccc(N)c(Br)c1. The van der Waals surface area contributed by atoms with E-state index in [0.717, 1.165) is 6.42 Å². The van der Waals surface area contributed by atoms with Gasteiger partial charge in [-0.25, -0.2) is 13.1 Å². The summed E-state index contributed by atoms with van der Waals surface area (Å²) < 4.78 is 27.2. The van der Waals surface area contributed by atoms with Gasteiger partial charge >= 0.3 is 0 Å². The summed E-state index contributed by atoms with van der Waals surface area (Å²) >= 11 is 3.22. The van der Waals surface area contributed by atoms with Crippen molar-refractivity contribution < 1.29 is 8.42 Å². The maximum absolute atomic E-state index is 12.0. The van der Waals surface area contributed by atoms with E-state index in [1.54, 1.807) is 6.07 Å². The van der Waals surface area contributed by atoms with Gasteiger partial charge < -0.3 is 5.73 Å². The van der Waals surface area contributed by atoms with Crippen molar-refractivity contribution in [3.05, 3.63) is 22.7 Å². The van der Waals surface area contributed by atoms with Gasteiger partial charge in [0.05, 0.1) is 4.90 Å². The number of nitrogens with two attached hydrogens (primary N) is 1. The predicted molar refractivity (Wildman–Crippen MR) is 77.8 cm³/mol. The number of rotatable bonds is 4. The average molecular weight is 335 g/mol. The number of hydrogen-bond donors (Lipinski definition) is 2.